The van der Waals surface area contributed by atoms with Gasteiger partial charge in [-0.05, 0) is 50.5 Å². The summed E-state index contributed by atoms with van der Waals surface area (Å²) < 4.78 is 18.3. The van der Waals surface area contributed by atoms with E-state index in [2.05, 4.69) is 19.2 Å². The monoisotopic (exact) mass is 424 g/mol. The lowest BCUT2D eigenvalue weighted by Gasteiger charge is -2.10. The van der Waals surface area contributed by atoms with Crippen molar-refractivity contribution in [2.24, 2.45) is 0 Å². The van der Waals surface area contributed by atoms with Crippen molar-refractivity contribution >= 4 is 43.4 Å². The quantitative estimate of drug-likeness (QED) is 0.204. The molecule has 0 radical (unpaired) electrons. The molecule has 156 valence electrons. The van der Waals surface area contributed by atoms with E-state index in [1.165, 1.54) is 0 Å². The van der Waals surface area contributed by atoms with Gasteiger partial charge < -0.3 is 14.2 Å². The zero-order valence-electron chi connectivity index (χ0n) is 17.4. The Morgan fingerprint density at radius 2 is 1.70 bits per heavy atom. The summed E-state index contributed by atoms with van der Waals surface area (Å²) in [6, 6.07) is 9.71. The van der Waals surface area contributed by atoms with Crippen LogP contribution in [0.5, 0.6) is 11.5 Å². The lowest BCUT2D eigenvalue weighted by atomic mass is 10.1. The van der Waals surface area contributed by atoms with Crippen LogP contribution in [0.4, 0.5) is 0 Å². The van der Waals surface area contributed by atoms with E-state index < -0.39 is 5.97 Å². The Kier molecular flexibility index (Phi) is 6.57. The van der Waals surface area contributed by atoms with E-state index >= 15 is 0 Å². The second kappa shape index (κ2) is 9.13. The SMILES string of the molecule is C=C(C)C(=O)OCCCc1ccc2c(sc3cc(OC(=O)C(=C)C)ccc32)c1OC. The number of methoxy groups -OCH3 is 1. The zero-order chi connectivity index (χ0) is 21.8. The highest BCUT2D eigenvalue weighted by Gasteiger charge is 2.15. The highest BCUT2D eigenvalue weighted by atomic mass is 32.1. The largest absolute Gasteiger partial charge is 0.495 e. The first-order valence-corrected chi connectivity index (χ1v) is 10.4. The molecule has 6 heteroatoms. The van der Waals surface area contributed by atoms with Gasteiger partial charge in [-0.15, -0.1) is 11.3 Å². The van der Waals surface area contributed by atoms with Crippen molar-refractivity contribution in [1.82, 2.24) is 0 Å². The number of thiophene rings is 1. The average molecular weight is 425 g/mol. The van der Waals surface area contributed by atoms with Crippen LogP contribution in [0.3, 0.4) is 0 Å². The minimum atomic E-state index is -0.442. The Labute approximate surface area is 179 Å². The predicted molar refractivity (Wildman–Crippen MR) is 120 cm³/mol. The smallest absolute Gasteiger partial charge is 0.338 e. The molecule has 3 aromatic rings. The van der Waals surface area contributed by atoms with E-state index in [0.29, 0.717) is 29.9 Å². The molecule has 0 atom stereocenters. The van der Waals surface area contributed by atoms with Crippen molar-refractivity contribution in [2.45, 2.75) is 26.7 Å². The minimum absolute atomic E-state index is 0.330. The Balaban J connectivity index is 1.86. The van der Waals surface area contributed by atoms with Crippen LogP contribution in [-0.2, 0) is 20.7 Å². The van der Waals surface area contributed by atoms with Crippen molar-refractivity contribution < 1.29 is 23.8 Å². The number of hydrogen-bond donors (Lipinski definition) is 0. The minimum Gasteiger partial charge on any atom is -0.495 e. The third-order valence-corrected chi connectivity index (χ3v) is 5.75. The van der Waals surface area contributed by atoms with Crippen molar-refractivity contribution in [3.8, 4) is 11.5 Å². The first-order chi connectivity index (χ1) is 14.3. The molecule has 0 saturated carbocycles. The summed E-state index contributed by atoms with van der Waals surface area (Å²) in [5, 5.41) is 2.16. The van der Waals surface area contributed by atoms with Gasteiger partial charge in [0, 0.05) is 26.6 Å². The van der Waals surface area contributed by atoms with Gasteiger partial charge in [0.05, 0.1) is 18.4 Å². The summed E-state index contributed by atoms with van der Waals surface area (Å²) in [5.74, 6) is 0.494. The molecule has 3 rings (SSSR count). The Bertz CT molecular complexity index is 1160. The van der Waals surface area contributed by atoms with Gasteiger partial charge in [-0.1, -0.05) is 25.3 Å². The highest BCUT2D eigenvalue weighted by Crippen LogP contribution is 2.42. The van der Waals surface area contributed by atoms with Crippen LogP contribution in [0.15, 0.2) is 54.6 Å². The van der Waals surface area contributed by atoms with Gasteiger partial charge >= 0.3 is 11.9 Å². The van der Waals surface area contributed by atoms with Crippen LogP contribution >= 0.6 is 11.3 Å². The number of benzene rings is 2. The number of ether oxygens (including phenoxy) is 3. The molecule has 0 fully saturated rings. The summed E-state index contributed by atoms with van der Waals surface area (Å²) in [4.78, 5) is 23.3. The first kappa shape index (κ1) is 21.6. The zero-order valence-corrected chi connectivity index (χ0v) is 18.2. The second-order valence-corrected chi connectivity index (χ2v) is 8.14. The molecule has 0 unspecified atom stereocenters. The highest BCUT2D eigenvalue weighted by molar-refractivity contribution is 7.26. The first-order valence-electron chi connectivity index (χ1n) is 9.54. The molecule has 0 bridgehead atoms. The number of esters is 2. The van der Waals surface area contributed by atoms with Crippen LogP contribution < -0.4 is 9.47 Å². The van der Waals surface area contributed by atoms with Crippen molar-refractivity contribution in [3.63, 3.8) is 0 Å². The van der Waals surface area contributed by atoms with Gasteiger partial charge in [0.2, 0.25) is 0 Å². The third kappa shape index (κ3) is 4.54. The van der Waals surface area contributed by atoms with E-state index in [1.54, 1.807) is 38.4 Å². The van der Waals surface area contributed by atoms with Gasteiger partial charge in [0.25, 0.3) is 0 Å². The van der Waals surface area contributed by atoms with Crippen LogP contribution in [0.1, 0.15) is 25.8 Å². The molecular formula is C24H24O5S. The van der Waals surface area contributed by atoms with Gasteiger partial charge in [0.1, 0.15) is 11.5 Å². The molecule has 0 aliphatic heterocycles. The maximum Gasteiger partial charge on any atom is 0.338 e. The summed E-state index contributed by atoms with van der Waals surface area (Å²) >= 11 is 1.59. The average Bonchev–Trinajstić information content (AvgIpc) is 3.08. The molecular weight excluding hydrogens is 400 g/mol. The fourth-order valence-corrected chi connectivity index (χ4v) is 4.34. The Morgan fingerprint density at radius 3 is 2.37 bits per heavy atom. The fourth-order valence-electron chi connectivity index (χ4n) is 3.07. The fraction of sp³-hybridized carbons (Fsp3) is 0.250. The number of carbonyl (C=O) groups excluding carboxylic acids is 2. The van der Waals surface area contributed by atoms with Crippen molar-refractivity contribution in [1.29, 1.82) is 0 Å². The number of hydrogen-bond acceptors (Lipinski definition) is 6. The van der Waals surface area contributed by atoms with E-state index in [9.17, 15) is 9.59 Å². The van der Waals surface area contributed by atoms with Crippen LogP contribution in [-0.4, -0.2) is 25.7 Å². The molecule has 0 saturated heterocycles. The maximum absolute atomic E-state index is 11.8. The van der Waals surface area contributed by atoms with E-state index in [1.807, 2.05) is 18.2 Å². The van der Waals surface area contributed by atoms with E-state index in [-0.39, 0.29) is 5.97 Å². The summed E-state index contributed by atoms with van der Waals surface area (Å²) in [6.07, 6.45) is 1.41. The number of rotatable bonds is 8. The normalized spacial score (nSPS) is 10.8. The predicted octanol–water partition coefficient (Wildman–Crippen LogP) is 5.60. The van der Waals surface area contributed by atoms with Crippen LogP contribution in [0.2, 0.25) is 0 Å². The van der Waals surface area contributed by atoms with Crippen LogP contribution in [0, 0.1) is 0 Å². The number of aryl methyl sites for hydroxylation is 1. The summed E-state index contributed by atoms with van der Waals surface area (Å²) in [5.41, 5.74) is 1.80. The molecule has 0 aliphatic rings. The molecule has 1 heterocycles. The molecule has 0 spiro atoms. The Morgan fingerprint density at radius 1 is 1.00 bits per heavy atom. The maximum atomic E-state index is 11.8. The van der Waals surface area contributed by atoms with Crippen molar-refractivity contribution in [3.05, 3.63) is 60.2 Å². The van der Waals surface area contributed by atoms with E-state index in [0.717, 1.165) is 37.9 Å². The topological polar surface area (TPSA) is 61.8 Å². The second-order valence-electron chi connectivity index (χ2n) is 7.08. The molecule has 0 aliphatic carbocycles. The van der Waals surface area contributed by atoms with Gasteiger partial charge in [-0.2, -0.15) is 0 Å². The van der Waals surface area contributed by atoms with Gasteiger partial charge in [-0.25, -0.2) is 9.59 Å². The van der Waals surface area contributed by atoms with Gasteiger partial charge in [-0.3, -0.25) is 0 Å². The number of fused-ring (bicyclic) bond motifs is 3. The summed E-state index contributed by atoms with van der Waals surface area (Å²) in [6.45, 7) is 10.8. The molecule has 1 aromatic heterocycles. The molecule has 0 N–H and O–H groups in total. The molecule has 0 amide bonds. The Hall–Kier alpha value is -3.12. The molecule has 2 aromatic carbocycles. The number of carbonyl (C=O) groups is 2. The summed E-state index contributed by atoms with van der Waals surface area (Å²) in [7, 11) is 1.66. The molecule has 5 nitrogen and oxygen atoms in total. The lowest BCUT2D eigenvalue weighted by Crippen LogP contribution is -2.07. The van der Waals surface area contributed by atoms with Crippen molar-refractivity contribution in [2.75, 3.05) is 13.7 Å². The molecule has 30 heavy (non-hydrogen) atoms. The third-order valence-electron chi connectivity index (χ3n) is 4.58. The van der Waals surface area contributed by atoms with Crippen LogP contribution in [0.25, 0.3) is 20.2 Å². The van der Waals surface area contributed by atoms with E-state index in [4.69, 9.17) is 14.2 Å². The van der Waals surface area contributed by atoms with Gasteiger partial charge in [0.15, 0.2) is 0 Å². The standard InChI is InChI=1S/C24H24O5S/c1-14(2)23(25)28-12-6-7-16-8-10-19-18-11-9-17(29-24(26)15(3)4)13-20(18)30-22(19)21(16)27-5/h8-11,13H,1,3,6-7,12H2,2,4-5H3. The lowest BCUT2D eigenvalue weighted by molar-refractivity contribution is -0.139.